The van der Waals surface area contributed by atoms with Gasteiger partial charge < -0.3 is 5.32 Å². The van der Waals surface area contributed by atoms with Gasteiger partial charge in [-0.3, -0.25) is 9.69 Å². The lowest BCUT2D eigenvalue weighted by Gasteiger charge is -2.25. The van der Waals surface area contributed by atoms with Crippen LogP contribution in [0.3, 0.4) is 0 Å². The molecule has 90 valence electrons. The summed E-state index contributed by atoms with van der Waals surface area (Å²) in [7, 11) is 0. The Kier molecular flexibility index (Phi) is 5.27. The van der Waals surface area contributed by atoms with Gasteiger partial charge in [0, 0.05) is 6.04 Å². The van der Waals surface area contributed by atoms with E-state index in [1.807, 2.05) is 18.7 Å². The van der Waals surface area contributed by atoms with Gasteiger partial charge in [0.1, 0.15) is 0 Å². The van der Waals surface area contributed by atoms with Gasteiger partial charge in [0.15, 0.2) is 0 Å². The summed E-state index contributed by atoms with van der Waals surface area (Å²) in [6.07, 6.45) is 4.63. The quantitative estimate of drug-likeness (QED) is 0.714. The van der Waals surface area contributed by atoms with Crippen molar-refractivity contribution in [1.82, 2.24) is 10.2 Å². The number of likely N-dealkylation sites (N-methyl/N-ethyl adjacent to an activating group) is 1. The zero-order chi connectivity index (χ0) is 12.0. The molecule has 0 spiro atoms. The van der Waals surface area contributed by atoms with Crippen LogP contribution >= 0.6 is 0 Å². The van der Waals surface area contributed by atoms with E-state index < -0.39 is 0 Å². The summed E-state index contributed by atoms with van der Waals surface area (Å²) in [6.45, 7) is 4.88. The van der Waals surface area contributed by atoms with Crippen molar-refractivity contribution in [2.45, 2.75) is 51.6 Å². The molecule has 1 fully saturated rings. The van der Waals surface area contributed by atoms with Gasteiger partial charge >= 0.3 is 0 Å². The van der Waals surface area contributed by atoms with Gasteiger partial charge in [-0.2, -0.15) is 5.26 Å². The second-order valence-electron chi connectivity index (χ2n) is 4.39. The maximum atomic E-state index is 11.9. The summed E-state index contributed by atoms with van der Waals surface area (Å²) in [5.74, 6) is 0.0593. The van der Waals surface area contributed by atoms with Crippen molar-refractivity contribution in [3.05, 3.63) is 0 Å². The van der Waals surface area contributed by atoms with Crippen LogP contribution in [0.25, 0.3) is 0 Å². The molecule has 0 saturated heterocycles. The SMILES string of the molecule is CCN(CC#N)C(C)C(=O)NC1CCCC1. The van der Waals surface area contributed by atoms with E-state index in [0.717, 1.165) is 19.4 Å². The van der Waals surface area contributed by atoms with Crippen LogP contribution in [0, 0.1) is 11.3 Å². The fourth-order valence-corrected chi connectivity index (χ4v) is 2.17. The van der Waals surface area contributed by atoms with Crippen molar-refractivity contribution in [3.8, 4) is 6.07 Å². The third kappa shape index (κ3) is 3.49. The van der Waals surface area contributed by atoms with Crippen LogP contribution < -0.4 is 5.32 Å². The number of amides is 1. The molecule has 1 rings (SSSR count). The minimum Gasteiger partial charge on any atom is -0.352 e. The molecule has 4 heteroatoms. The minimum absolute atomic E-state index is 0.0593. The molecule has 1 aliphatic carbocycles. The fourth-order valence-electron chi connectivity index (χ4n) is 2.17. The van der Waals surface area contributed by atoms with E-state index in [2.05, 4.69) is 11.4 Å². The zero-order valence-electron chi connectivity index (χ0n) is 10.2. The molecular formula is C12H21N3O. The van der Waals surface area contributed by atoms with E-state index in [1.165, 1.54) is 12.8 Å². The van der Waals surface area contributed by atoms with Crippen LogP contribution in [0.5, 0.6) is 0 Å². The average molecular weight is 223 g/mol. The van der Waals surface area contributed by atoms with Gasteiger partial charge in [0.25, 0.3) is 0 Å². The highest BCUT2D eigenvalue weighted by molar-refractivity contribution is 5.81. The molecule has 1 atom stereocenters. The highest BCUT2D eigenvalue weighted by atomic mass is 16.2. The van der Waals surface area contributed by atoms with E-state index in [1.54, 1.807) is 0 Å². The van der Waals surface area contributed by atoms with Crippen LogP contribution in [-0.2, 0) is 4.79 Å². The van der Waals surface area contributed by atoms with Crippen LogP contribution in [0.4, 0.5) is 0 Å². The molecular weight excluding hydrogens is 202 g/mol. The zero-order valence-corrected chi connectivity index (χ0v) is 10.2. The summed E-state index contributed by atoms with van der Waals surface area (Å²) >= 11 is 0. The molecule has 1 aliphatic rings. The van der Waals surface area contributed by atoms with Gasteiger partial charge in [-0.05, 0) is 26.3 Å². The topological polar surface area (TPSA) is 56.1 Å². The third-order valence-corrected chi connectivity index (χ3v) is 3.31. The molecule has 0 aromatic heterocycles. The van der Waals surface area contributed by atoms with Crippen LogP contribution in [-0.4, -0.2) is 36.0 Å². The Hall–Kier alpha value is -1.08. The largest absolute Gasteiger partial charge is 0.352 e. The molecule has 0 aromatic rings. The van der Waals surface area contributed by atoms with E-state index >= 15 is 0 Å². The Bertz CT molecular complexity index is 266. The molecule has 0 heterocycles. The highest BCUT2D eigenvalue weighted by Gasteiger charge is 2.23. The Labute approximate surface area is 97.6 Å². The maximum Gasteiger partial charge on any atom is 0.237 e. The summed E-state index contributed by atoms with van der Waals surface area (Å²) in [4.78, 5) is 13.8. The predicted molar refractivity (Wildman–Crippen MR) is 62.7 cm³/mol. The number of carbonyl (C=O) groups excluding carboxylic acids is 1. The van der Waals surface area contributed by atoms with Gasteiger partial charge in [-0.15, -0.1) is 0 Å². The number of nitrogens with zero attached hydrogens (tertiary/aromatic N) is 2. The minimum atomic E-state index is -0.203. The van der Waals surface area contributed by atoms with Gasteiger partial charge in [-0.25, -0.2) is 0 Å². The van der Waals surface area contributed by atoms with E-state index in [9.17, 15) is 4.79 Å². The summed E-state index contributed by atoms with van der Waals surface area (Å²) < 4.78 is 0. The molecule has 0 bridgehead atoms. The van der Waals surface area contributed by atoms with E-state index in [0.29, 0.717) is 12.6 Å². The monoisotopic (exact) mass is 223 g/mol. The smallest absolute Gasteiger partial charge is 0.237 e. The van der Waals surface area contributed by atoms with Crippen molar-refractivity contribution >= 4 is 5.91 Å². The molecule has 0 aliphatic heterocycles. The second kappa shape index (κ2) is 6.49. The fraction of sp³-hybridized carbons (Fsp3) is 0.833. The highest BCUT2D eigenvalue weighted by Crippen LogP contribution is 2.17. The van der Waals surface area contributed by atoms with Gasteiger partial charge in [0.2, 0.25) is 5.91 Å². The van der Waals surface area contributed by atoms with Crippen molar-refractivity contribution in [2.75, 3.05) is 13.1 Å². The van der Waals surface area contributed by atoms with Crippen molar-refractivity contribution in [2.24, 2.45) is 0 Å². The number of nitrogens with one attached hydrogen (secondary N) is 1. The predicted octanol–water partition coefficient (Wildman–Crippen LogP) is 1.28. The Morgan fingerprint density at radius 3 is 2.69 bits per heavy atom. The molecule has 1 amide bonds. The van der Waals surface area contributed by atoms with Gasteiger partial charge in [-0.1, -0.05) is 19.8 Å². The number of rotatable bonds is 5. The van der Waals surface area contributed by atoms with Crippen LogP contribution in [0.15, 0.2) is 0 Å². The molecule has 1 saturated carbocycles. The normalized spacial score (nSPS) is 18.4. The number of hydrogen-bond donors (Lipinski definition) is 1. The number of hydrogen-bond acceptors (Lipinski definition) is 3. The second-order valence-corrected chi connectivity index (χ2v) is 4.39. The summed E-state index contributed by atoms with van der Waals surface area (Å²) in [5.41, 5.74) is 0. The van der Waals surface area contributed by atoms with Crippen molar-refractivity contribution < 1.29 is 4.79 Å². The van der Waals surface area contributed by atoms with Crippen molar-refractivity contribution in [3.63, 3.8) is 0 Å². The summed E-state index contributed by atoms with van der Waals surface area (Å²) in [6, 6.07) is 2.25. The van der Waals surface area contributed by atoms with Crippen LogP contribution in [0.1, 0.15) is 39.5 Å². The van der Waals surface area contributed by atoms with Crippen molar-refractivity contribution in [1.29, 1.82) is 5.26 Å². The molecule has 16 heavy (non-hydrogen) atoms. The molecule has 0 radical (unpaired) electrons. The third-order valence-electron chi connectivity index (χ3n) is 3.31. The average Bonchev–Trinajstić information content (AvgIpc) is 2.77. The Morgan fingerprint density at radius 1 is 1.56 bits per heavy atom. The maximum absolute atomic E-state index is 11.9. The first-order valence-corrected chi connectivity index (χ1v) is 6.10. The number of nitriles is 1. The summed E-state index contributed by atoms with van der Waals surface area (Å²) in [5, 5.41) is 11.7. The van der Waals surface area contributed by atoms with E-state index in [-0.39, 0.29) is 11.9 Å². The first kappa shape index (κ1) is 13.0. The Balaban J connectivity index is 2.41. The molecule has 1 unspecified atom stereocenters. The Morgan fingerprint density at radius 2 is 2.19 bits per heavy atom. The lowest BCUT2D eigenvalue weighted by Crippen LogP contribution is -2.47. The molecule has 0 aromatic carbocycles. The molecule has 1 N–H and O–H groups in total. The molecule has 4 nitrogen and oxygen atoms in total. The van der Waals surface area contributed by atoms with Gasteiger partial charge in [0.05, 0.1) is 18.7 Å². The number of carbonyl (C=O) groups is 1. The van der Waals surface area contributed by atoms with Crippen LogP contribution in [0.2, 0.25) is 0 Å². The first-order chi connectivity index (χ1) is 7.69. The lowest BCUT2D eigenvalue weighted by atomic mass is 10.2. The first-order valence-electron chi connectivity index (χ1n) is 6.10. The lowest BCUT2D eigenvalue weighted by molar-refractivity contribution is -0.126. The standard InChI is InChI=1S/C12H21N3O/c1-3-15(9-8-13)10(2)12(16)14-11-6-4-5-7-11/h10-11H,3-7,9H2,1-2H3,(H,14,16). The van der Waals surface area contributed by atoms with E-state index in [4.69, 9.17) is 5.26 Å².